The zero-order chi connectivity index (χ0) is 16.8. The first-order chi connectivity index (χ1) is 12.3. The van der Waals surface area contributed by atoms with Crippen molar-refractivity contribution < 1.29 is 4.42 Å². The Labute approximate surface area is 145 Å². The van der Waals surface area contributed by atoms with Crippen LogP contribution in [0.3, 0.4) is 0 Å². The number of benzene rings is 1. The lowest BCUT2D eigenvalue weighted by atomic mass is 10.0. The van der Waals surface area contributed by atoms with Crippen LogP contribution in [-0.2, 0) is 19.6 Å². The summed E-state index contributed by atoms with van der Waals surface area (Å²) in [6.45, 7) is 2.56. The highest BCUT2D eigenvalue weighted by atomic mass is 16.3. The Morgan fingerprint density at radius 1 is 1.16 bits per heavy atom. The molecule has 0 saturated carbocycles. The summed E-state index contributed by atoms with van der Waals surface area (Å²) in [5.41, 5.74) is 6.95. The predicted octanol–water partition coefficient (Wildman–Crippen LogP) is 3.69. The number of hydrogen-bond acceptors (Lipinski definition) is 4. The van der Waals surface area contributed by atoms with E-state index in [0.29, 0.717) is 0 Å². The zero-order valence-corrected chi connectivity index (χ0v) is 14.0. The minimum atomic E-state index is 0.726. The molecular weight excluding hydrogens is 312 g/mol. The van der Waals surface area contributed by atoms with Crippen LogP contribution in [0.5, 0.6) is 0 Å². The predicted molar refractivity (Wildman–Crippen MR) is 95.9 cm³/mol. The van der Waals surface area contributed by atoms with Gasteiger partial charge >= 0.3 is 0 Å². The Morgan fingerprint density at radius 2 is 2.12 bits per heavy atom. The quantitative estimate of drug-likeness (QED) is 0.575. The van der Waals surface area contributed by atoms with Crippen LogP contribution in [0.1, 0.15) is 16.8 Å². The topological polar surface area (TPSA) is 47.1 Å². The van der Waals surface area contributed by atoms with Crippen molar-refractivity contribution in [2.24, 2.45) is 0 Å². The van der Waals surface area contributed by atoms with Gasteiger partial charge in [0.15, 0.2) is 0 Å². The molecule has 5 nitrogen and oxygen atoms in total. The largest absolute Gasteiger partial charge is 0.464 e. The minimum Gasteiger partial charge on any atom is -0.464 e. The molecule has 1 aromatic carbocycles. The third-order valence-corrected chi connectivity index (χ3v) is 4.76. The van der Waals surface area contributed by atoms with E-state index in [1.54, 1.807) is 12.5 Å². The number of furan rings is 1. The third-order valence-electron chi connectivity index (χ3n) is 4.76. The maximum atomic E-state index is 5.49. The van der Waals surface area contributed by atoms with Crippen molar-refractivity contribution in [3.8, 4) is 11.3 Å². The molecule has 0 radical (unpaired) electrons. The molecule has 3 aromatic heterocycles. The normalized spacial score (nSPS) is 14.3. The number of fused-ring (bicyclic) bond motifs is 2. The number of hydrogen-bond donors (Lipinski definition) is 0. The minimum absolute atomic E-state index is 0.726. The standard InChI is InChI=1S/C20H18N4O/c1-23-12-17-18(13-23)22-24(11-14-3-2-7-21-10-14)20(17)16-4-5-19-15(9-16)6-8-25-19/h2-10H,11-13H2,1H3. The van der Waals surface area contributed by atoms with Gasteiger partial charge in [0, 0.05) is 42.0 Å². The summed E-state index contributed by atoms with van der Waals surface area (Å²) in [5, 5.41) is 6.02. The van der Waals surface area contributed by atoms with Crippen LogP contribution in [0.25, 0.3) is 22.2 Å². The molecule has 4 heterocycles. The molecule has 5 heteroatoms. The van der Waals surface area contributed by atoms with Gasteiger partial charge in [0.1, 0.15) is 5.58 Å². The molecule has 0 fully saturated rings. The fraction of sp³-hybridized carbons (Fsp3) is 0.200. The number of pyridine rings is 1. The highest BCUT2D eigenvalue weighted by molar-refractivity contribution is 5.83. The van der Waals surface area contributed by atoms with Gasteiger partial charge in [0.25, 0.3) is 0 Å². The Balaban J connectivity index is 1.65. The summed E-state index contributed by atoms with van der Waals surface area (Å²) < 4.78 is 7.61. The van der Waals surface area contributed by atoms with Gasteiger partial charge in [-0.1, -0.05) is 6.07 Å². The lowest BCUT2D eigenvalue weighted by Gasteiger charge is -2.12. The van der Waals surface area contributed by atoms with Crippen molar-refractivity contribution in [1.82, 2.24) is 19.7 Å². The van der Waals surface area contributed by atoms with Gasteiger partial charge < -0.3 is 4.42 Å². The number of nitrogens with zero attached hydrogens (tertiary/aromatic N) is 4. The van der Waals surface area contributed by atoms with Crippen LogP contribution in [0.4, 0.5) is 0 Å². The third kappa shape index (κ3) is 2.44. The van der Waals surface area contributed by atoms with Gasteiger partial charge in [-0.2, -0.15) is 5.10 Å². The first-order valence-electron chi connectivity index (χ1n) is 8.41. The van der Waals surface area contributed by atoms with Crippen LogP contribution in [0.2, 0.25) is 0 Å². The van der Waals surface area contributed by atoms with Crippen LogP contribution in [0, 0.1) is 0 Å². The summed E-state index contributed by atoms with van der Waals surface area (Å²) in [5.74, 6) is 0. The fourth-order valence-electron chi connectivity index (χ4n) is 3.64. The molecule has 5 rings (SSSR count). The second-order valence-electron chi connectivity index (χ2n) is 6.64. The number of rotatable bonds is 3. The van der Waals surface area contributed by atoms with Crippen LogP contribution in [0.15, 0.2) is 59.5 Å². The van der Waals surface area contributed by atoms with Crippen molar-refractivity contribution in [3.63, 3.8) is 0 Å². The summed E-state index contributed by atoms with van der Waals surface area (Å²) in [7, 11) is 2.14. The van der Waals surface area contributed by atoms with Gasteiger partial charge in [-0.25, -0.2) is 0 Å². The van der Waals surface area contributed by atoms with E-state index in [1.165, 1.54) is 22.5 Å². The Kier molecular flexibility index (Phi) is 3.21. The Hall–Kier alpha value is -2.92. The maximum absolute atomic E-state index is 5.49. The Morgan fingerprint density at radius 3 is 3.00 bits per heavy atom. The fourth-order valence-corrected chi connectivity index (χ4v) is 3.64. The van der Waals surface area contributed by atoms with E-state index in [2.05, 4.69) is 39.8 Å². The molecule has 0 atom stereocenters. The monoisotopic (exact) mass is 330 g/mol. The maximum Gasteiger partial charge on any atom is 0.133 e. The second kappa shape index (κ2) is 5.57. The van der Waals surface area contributed by atoms with Gasteiger partial charge in [-0.15, -0.1) is 0 Å². The summed E-state index contributed by atoms with van der Waals surface area (Å²) >= 11 is 0. The molecule has 0 saturated heterocycles. The van der Waals surface area contributed by atoms with E-state index < -0.39 is 0 Å². The van der Waals surface area contributed by atoms with E-state index in [4.69, 9.17) is 9.52 Å². The smallest absolute Gasteiger partial charge is 0.133 e. The average Bonchev–Trinajstić information content (AvgIpc) is 3.29. The molecule has 0 bridgehead atoms. The van der Waals surface area contributed by atoms with Gasteiger partial charge in [-0.05, 0) is 42.9 Å². The molecule has 0 amide bonds. The number of aromatic nitrogens is 3. The molecule has 0 aliphatic carbocycles. The van der Waals surface area contributed by atoms with Crippen molar-refractivity contribution >= 4 is 11.0 Å². The molecule has 25 heavy (non-hydrogen) atoms. The molecule has 1 aliphatic rings. The van der Waals surface area contributed by atoms with Crippen molar-refractivity contribution in [3.05, 3.63) is 71.9 Å². The van der Waals surface area contributed by atoms with Gasteiger partial charge in [-0.3, -0.25) is 14.6 Å². The molecule has 0 spiro atoms. The van der Waals surface area contributed by atoms with Crippen molar-refractivity contribution in [1.29, 1.82) is 0 Å². The van der Waals surface area contributed by atoms with Crippen LogP contribution >= 0.6 is 0 Å². The summed E-state index contributed by atoms with van der Waals surface area (Å²) in [4.78, 5) is 6.53. The molecular formula is C20H18N4O. The van der Waals surface area contributed by atoms with E-state index >= 15 is 0 Å². The van der Waals surface area contributed by atoms with E-state index in [1.807, 2.05) is 24.4 Å². The zero-order valence-electron chi connectivity index (χ0n) is 14.0. The Bertz CT molecular complexity index is 1050. The molecule has 4 aromatic rings. The first kappa shape index (κ1) is 14.4. The molecule has 124 valence electrons. The van der Waals surface area contributed by atoms with E-state index in [0.717, 1.165) is 36.2 Å². The summed E-state index contributed by atoms with van der Waals surface area (Å²) in [6, 6.07) is 12.4. The molecule has 1 aliphatic heterocycles. The summed E-state index contributed by atoms with van der Waals surface area (Å²) in [6.07, 6.45) is 5.44. The van der Waals surface area contributed by atoms with E-state index in [9.17, 15) is 0 Å². The lowest BCUT2D eigenvalue weighted by molar-refractivity contribution is 0.346. The van der Waals surface area contributed by atoms with Crippen molar-refractivity contribution in [2.45, 2.75) is 19.6 Å². The first-order valence-corrected chi connectivity index (χ1v) is 8.41. The molecule has 0 N–H and O–H groups in total. The molecule has 0 unspecified atom stereocenters. The lowest BCUT2D eigenvalue weighted by Crippen LogP contribution is -2.12. The SMILES string of the molecule is CN1Cc2nn(Cc3cccnc3)c(-c3ccc4occc4c3)c2C1. The van der Waals surface area contributed by atoms with Crippen LogP contribution in [-0.4, -0.2) is 26.7 Å². The van der Waals surface area contributed by atoms with Crippen LogP contribution < -0.4 is 0 Å². The van der Waals surface area contributed by atoms with Gasteiger partial charge in [0.2, 0.25) is 0 Å². The second-order valence-corrected chi connectivity index (χ2v) is 6.64. The van der Waals surface area contributed by atoms with Crippen molar-refractivity contribution in [2.75, 3.05) is 7.05 Å². The highest BCUT2D eigenvalue weighted by Gasteiger charge is 2.26. The highest BCUT2D eigenvalue weighted by Crippen LogP contribution is 2.34. The van der Waals surface area contributed by atoms with Gasteiger partial charge in [0.05, 0.1) is 24.2 Å². The van der Waals surface area contributed by atoms with E-state index in [-0.39, 0.29) is 0 Å². The average molecular weight is 330 g/mol.